The zero-order chi connectivity index (χ0) is 22.8. The smallest absolute Gasteiger partial charge is 0.338 e. The Hall–Kier alpha value is -4.01. The molecule has 0 aliphatic rings. The van der Waals surface area contributed by atoms with Gasteiger partial charge < -0.3 is 14.5 Å². The summed E-state index contributed by atoms with van der Waals surface area (Å²) >= 11 is 0. The number of imidazole rings is 1. The third-order valence-electron chi connectivity index (χ3n) is 4.93. The average Bonchev–Trinajstić information content (AvgIpc) is 3.43. The number of aryl methyl sites for hydroxylation is 1. The van der Waals surface area contributed by atoms with E-state index in [0.29, 0.717) is 16.8 Å². The number of hydrogen-bond acceptors (Lipinski definition) is 5. The van der Waals surface area contributed by atoms with Crippen molar-refractivity contribution in [1.82, 2.24) is 9.55 Å². The summed E-state index contributed by atoms with van der Waals surface area (Å²) in [6, 6.07) is 14.2. The molecule has 164 valence electrons. The van der Waals surface area contributed by atoms with Crippen LogP contribution in [0.25, 0.3) is 11.0 Å². The van der Waals surface area contributed by atoms with E-state index >= 15 is 0 Å². The molecule has 4 rings (SSSR count). The highest BCUT2D eigenvalue weighted by molar-refractivity contribution is 6.03. The number of rotatable bonds is 6. The molecule has 1 unspecified atom stereocenters. The number of esters is 1. The molecule has 2 aromatic heterocycles. The van der Waals surface area contributed by atoms with Crippen molar-refractivity contribution in [2.75, 3.05) is 5.32 Å². The molecule has 7 nitrogen and oxygen atoms in total. The van der Waals surface area contributed by atoms with Crippen molar-refractivity contribution in [2.24, 2.45) is 0 Å². The molecule has 1 N–H and O–H groups in total. The van der Waals surface area contributed by atoms with E-state index in [9.17, 15) is 18.4 Å². The van der Waals surface area contributed by atoms with Gasteiger partial charge in [0.1, 0.15) is 0 Å². The van der Waals surface area contributed by atoms with E-state index in [1.807, 2.05) is 0 Å². The first-order chi connectivity index (χ1) is 15.3. The third kappa shape index (κ3) is 4.09. The maximum atomic E-state index is 13.7. The first-order valence-corrected chi connectivity index (χ1v) is 9.76. The topological polar surface area (TPSA) is 86.4 Å². The Morgan fingerprint density at radius 2 is 1.91 bits per heavy atom. The van der Waals surface area contributed by atoms with Crippen LogP contribution in [0.1, 0.15) is 51.9 Å². The molecule has 0 bridgehead atoms. The van der Waals surface area contributed by atoms with E-state index in [4.69, 9.17) is 9.15 Å². The van der Waals surface area contributed by atoms with Crippen molar-refractivity contribution in [3.8, 4) is 0 Å². The number of hydrogen-bond donors (Lipinski definition) is 1. The second-order valence-electron chi connectivity index (χ2n) is 7.12. The van der Waals surface area contributed by atoms with Crippen LogP contribution < -0.4 is 5.32 Å². The molecule has 0 saturated heterocycles. The molecule has 1 amide bonds. The maximum Gasteiger partial charge on any atom is 0.338 e. The van der Waals surface area contributed by atoms with E-state index in [-0.39, 0.29) is 22.7 Å². The zero-order valence-corrected chi connectivity index (χ0v) is 17.2. The first-order valence-electron chi connectivity index (χ1n) is 9.76. The molecule has 0 saturated carbocycles. The van der Waals surface area contributed by atoms with Gasteiger partial charge in [0.05, 0.1) is 22.9 Å². The number of para-hydroxylation sites is 2. The second-order valence-corrected chi connectivity index (χ2v) is 7.12. The molecular weight excluding hydrogens is 420 g/mol. The SMILES string of the molecule is Cc1ccc(C(=O)OC(C)c2nc3ccccc3n2C(F)F)cc1NC(=O)c1ccco1. The van der Waals surface area contributed by atoms with Crippen LogP contribution >= 0.6 is 0 Å². The van der Waals surface area contributed by atoms with Crippen molar-refractivity contribution < 1.29 is 27.5 Å². The van der Waals surface area contributed by atoms with Gasteiger partial charge in [-0.25, -0.2) is 9.78 Å². The van der Waals surface area contributed by atoms with E-state index in [2.05, 4.69) is 10.3 Å². The van der Waals surface area contributed by atoms with Gasteiger partial charge in [-0.05, 0) is 55.8 Å². The monoisotopic (exact) mass is 439 g/mol. The fourth-order valence-corrected chi connectivity index (χ4v) is 3.31. The fourth-order valence-electron chi connectivity index (χ4n) is 3.31. The lowest BCUT2D eigenvalue weighted by molar-refractivity contribution is 0.0233. The van der Waals surface area contributed by atoms with Crippen LogP contribution in [0.2, 0.25) is 0 Å². The second kappa shape index (κ2) is 8.62. The Labute approximate surface area is 181 Å². The normalized spacial score (nSPS) is 12.2. The number of benzene rings is 2. The Balaban J connectivity index is 1.56. The molecule has 0 fully saturated rings. The highest BCUT2D eigenvalue weighted by Crippen LogP contribution is 2.29. The van der Waals surface area contributed by atoms with Crippen molar-refractivity contribution in [3.63, 3.8) is 0 Å². The minimum Gasteiger partial charge on any atom is -0.459 e. The molecule has 1 atom stereocenters. The Kier molecular flexibility index (Phi) is 5.72. The zero-order valence-electron chi connectivity index (χ0n) is 17.2. The number of nitrogens with one attached hydrogen (secondary N) is 1. The number of anilines is 1. The van der Waals surface area contributed by atoms with Crippen LogP contribution in [0, 0.1) is 6.92 Å². The molecule has 2 aromatic carbocycles. The molecule has 0 spiro atoms. The summed E-state index contributed by atoms with van der Waals surface area (Å²) in [7, 11) is 0. The summed E-state index contributed by atoms with van der Waals surface area (Å²) < 4.78 is 38.6. The van der Waals surface area contributed by atoms with Crippen LogP contribution in [-0.4, -0.2) is 21.4 Å². The van der Waals surface area contributed by atoms with E-state index in [1.165, 1.54) is 37.5 Å². The molecular formula is C23H19F2N3O4. The van der Waals surface area contributed by atoms with Crippen LogP contribution in [-0.2, 0) is 4.74 Å². The average molecular weight is 439 g/mol. The number of carbonyl (C=O) groups excluding carboxylic acids is 2. The number of halogens is 2. The number of aromatic nitrogens is 2. The molecule has 0 radical (unpaired) electrons. The lowest BCUT2D eigenvalue weighted by Crippen LogP contribution is -2.16. The summed E-state index contributed by atoms with van der Waals surface area (Å²) in [6.07, 6.45) is 0.343. The summed E-state index contributed by atoms with van der Waals surface area (Å²) in [5.41, 5.74) is 1.89. The van der Waals surface area contributed by atoms with Crippen molar-refractivity contribution in [3.05, 3.63) is 83.6 Å². The first kappa shape index (κ1) is 21.2. The predicted molar refractivity (Wildman–Crippen MR) is 113 cm³/mol. The molecule has 0 aliphatic carbocycles. The van der Waals surface area contributed by atoms with Gasteiger partial charge in [-0.15, -0.1) is 0 Å². The van der Waals surface area contributed by atoms with Crippen molar-refractivity contribution in [1.29, 1.82) is 0 Å². The number of fused-ring (bicyclic) bond motifs is 1. The van der Waals surface area contributed by atoms with Gasteiger partial charge in [-0.1, -0.05) is 18.2 Å². The van der Waals surface area contributed by atoms with Gasteiger partial charge in [0.15, 0.2) is 17.7 Å². The third-order valence-corrected chi connectivity index (χ3v) is 4.93. The van der Waals surface area contributed by atoms with Crippen LogP contribution in [0.4, 0.5) is 14.5 Å². The predicted octanol–water partition coefficient (Wildman–Crippen LogP) is 5.50. The van der Waals surface area contributed by atoms with Gasteiger partial charge in [0.25, 0.3) is 5.91 Å². The Morgan fingerprint density at radius 3 is 2.62 bits per heavy atom. The van der Waals surface area contributed by atoms with Gasteiger partial charge in [0, 0.05) is 5.69 Å². The van der Waals surface area contributed by atoms with Crippen LogP contribution in [0.5, 0.6) is 0 Å². The summed E-state index contributed by atoms with van der Waals surface area (Å²) in [5.74, 6) is -1.15. The maximum absolute atomic E-state index is 13.7. The van der Waals surface area contributed by atoms with Gasteiger partial charge in [-0.3, -0.25) is 9.36 Å². The highest BCUT2D eigenvalue weighted by atomic mass is 19.3. The molecule has 4 aromatic rings. The molecule has 2 heterocycles. The fraction of sp³-hybridized carbons (Fsp3) is 0.174. The quantitative estimate of drug-likeness (QED) is 0.401. The number of ether oxygens (including phenoxy) is 1. The summed E-state index contributed by atoms with van der Waals surface area (Å²) in [5, 5.41) is 2.68. The van der Waals surface area contributed by atoms with E-state index in [1.54, 1.807) is 37.3 Å². The lowest BCUT2D eigenvalue weighted by Gasteiger charge is -2.16. The van der Waals surface area contributed by atoms with Crippen molar-refractivity contribution in [2.45, 2.75) is 26.5 Å². The minimum absolute atomic E-state index is 0.0620. The number of carbonyl (C=O) groups is 2. The molecule has 9 heteroatoms. The standard InChI is InChI=1S/C23H19F2N3O4/c1-13-9-10-15(12-17(13)27-21(29)19-8-5-11-31-19)22(30)32-14(2)20-26-16-6-3-4-7-18(16)28(20)23(24)25/h3-12,14,23H,1-2H3,(H,27,29). The van der Waals surface area contributed by atoms with E-state index in [0.717, 1.165) is 4.57 Å². The van der Waals surface area contributed by atoms with Crippen LogP contribution in [0.15, 0.2) is 65.3 Å². The lowest BCUT2D eigenvalue weighted by atomic mass is 10.1. The van der Waals surface area contributed by atoms with Gasteiger partial charge in [-0.2, -0.15) is 8.78 Å². The largest absolute Gasteiger partial charge is 0.459 e. The Morgan fingerprint density at radius 1 is 1.12 bits per heavy atom. The minimum atomic E-state index is -2.85. The number of alkyl halides is 2. The summed E-state index contributed by atoms with van der Waals surface area (Å²) in [6.45, 7) is 0.396. The van der Waals surface area contributed by atoms with Crippen molar-refractivity contribution >= 4 is 28.6 Å². The van der Waals surface area contributed by atoms with Crippen LogP contribution in [0.3, 0.4) is 0 Å². The number of nitrogens with zero attached hydrogens (tertiary/aromatic N) is 2. The Bertz CT molecular complexity index is 1280. The van der Waals surface area contributed by atoms with E-state index < -0.39 is 24.5 Å². The number of amides is 1. The number of furan rings is 1. The highest BCUT2D eigenvalue weighted by Gasteiger charge is 2.25. The molecule has 32 heavy (non-hydrogen) atoms. The van der Waals surface area contributed by atoms with Gasteiger partial charge >= 0.3 is 12.5 Å². The molecule has 0 aliphatic heterocycles. The summed E-state index contributed by atoms with van der Waals surface area (Å²) in [4.78, 5) is 29.2. The van der Waals surface area contributed by atoms with Gasteiger partial charge in [0.2, 0.25) is 0 Å².